The van der Waals surface area contributed by atoms with Crippen molar-refractivity contribution in [2.45, 2.75) is 52.7 Å². The molecule has 3 heteroatoms. The number of rotatable bonds is 0. The number of Topliss-reactive ketones (excluding diaryl/α,β-unsaturated/α-hetero) is 1. The second-order valence-electron chi connectivity index (χ2n) is 6.88. The molecular weight excluding hydrogens is 228 g/mol. The monoisotopic (exact) mass is 252 g/mol. The lowest BCUT2D eigenvalue weighted by atomic mass is 9.51. The van der Waals surface area contributed by atoms with Crippen LogP contribution < -0.4 is 0 Å². The van der Waals surface area contributed by atoms with Crippen LogP contribution in [0, 0.1) is 22.7 Å². The standard InChI is InChI=1S/C15H24O3/c1-10-9-12(16)14(4)11(2)15(17-7-8-18-15)6-5-13(10,14)3/h10-11H,5-9H2,1-4H3/t10-,11+,13+,14-/m1/s1. The van der Waals surface area contributed by atoms with Crippen molar-refractivity contribution in [3.63, 3.8) is 0 Å². The van der Waals surface area contributed by atoms with Crippen LogP contribution in [0.2, 0.25) is 0 Å². The van der Waals surface area contributed by atoms with Gasteiger partial charge in [-0.3, -0.25) is 4.79 Å². The van der Waals surface area contributed by atoms with Gasteiger partial charge < -0.3 is 9.47 Å². The summed E-state index contributed by atoms with van der Waals surface area (Å²) in [4.78, 5) is 12.6. The van der Waals surface area contributed by atoms with Gasteiger partial charge in [0.1, 0.15) is 5.78 Å². The molecule has 0 bridgehead atoms. The van der Waals surface area contributed by atoms with Gasteiger partial charge in [-0.1, -0.05) is 27.7 Å². The van der Waals surface area contributed by atoms with E-state index in [4.69, 9.17) is 9.47 Å². The van der Waals surface area contributed by atoms with Gasteiger partial charge in [0.05, 0.1) is 13.2 Å². The quantitative estimate of drug-likeness (QED) is 0.665. The normalized spacial score (nSPS) is 50.8. The number of hydrogen-bond donors (Lipinski definition) is 0. The van der Waals surface area contributed by atoms with Crippen LogP contribution >= 0.6 is 0 Å². The number of ketones is 1. The summed E-state index contributed by atoms with van der Waals surface area (Å²) in [6, 6.07) is 0. The minimum absolute atomic E-state index is 0.101. The maximum absolute atomic E-state index is 12.6. The Kier molecular flexibility index (Phi) is 2.50. The van der Waals surface area contributed by atoms with E-state index in [1.165, 1.54) is 0 Å². The first-order chi connectivity index (χ1) is 8.37. The van der Waals surface area contributed by atoms with E-state index in [0.717, 1.165) is 12.8 Å². The van der Waals surface area contributed by atoms with Crippen molar-refractivity contribution in [3.05, 3.63) is 0 Å². The SMILES string of the molecule is C[C@@H]1CC(=O)[C@@]2(C)[C@H](C)C3(CC[C@@]12C)OCCO3. The maximum atomic E-state index is 12.6. The van der Waals surface area contributed by atoms with Gasteiger partial charge in [0, 0.05) is 24.2 Å². The summed E-state index contributed by atoms with van der Waals surface area (Å²) in [6.45, 7) is 10.2. The van der Waals surface area contributed by atoms with E-state index in [1.54, 1.807) is 0 Å². The minimum atomic E-state index is -0.492. The fourth-order valence-electron chi connectivity index (χ4n) is 4.74. The number of ether oxygens (including phenoxy) is 2. The van der Waals surface area contributed by atoms with Gasteiger partial charge in [-0.15, -0.1) is 0 Å². The molecule has 102 valence electrons. The van der Waals surface area contributed by atoms with E-state index in [1.807, 2.05) is 0 Å². The molecule has 0 amide bonds. The van der Waals surface area contributed by atoms with Crippen LogP contribution in [0.4, 0.5) is 0 Å². The molecule has 0 aromatic heterocycles. The first kappa shape index (κ1) is 12.6. The fraction of sp³-hybridized carbons (Fsp3) is 0.933. The Morgan fingerprint density at radius 3 is 2.33 bits per heavy atom. The van der Waals surface area contributed by atoms with Crippen molar-refractivity contribution in [1.82, 2.24) is 0 Å². The zero-order chi connectivity index (χ0) is 13.2. The Hall–Kier alpha value is -0.410. The van der Waals surface area contributed by atoms with E-state index < -0.39 is 5.79 Å². The van der Waals surface area contributed by atoms with E-state index in [0.29, 0.717) is 31.3 Å². The molecule has 0 aromatic carbocycles. The third-order valence-corrected chi connectivity index (χ3v) is 6.64. The van der Waals surface area contributed by atoms with Gasteiger partial charge >= 0.3 is 0 Å². The molecular formula is C15H24O3. The Labute approximate surface area is 109 Å². The Balaban J connectivity index is 2.05. The largest absolute Gasteiger partial charge is 0.347 e. The van der Waals surface area contributed by atoms with Crippen molar-refractivity contribution < 1.29 is 14.3 Å². The van der Waals surface area contributed by atoms with E-state index in [9.17, 15) is 4.79 Å². The Morgan fingerprint density at radius 1 is 1.11 bits per heavy atom. The summed E-state index contributed by atoms with van der Waals surface area (Å²) in [6.07, 6.45) is 2.67. The zero-order valence-corrected chi connectivity index (χ0v) is 11.9. The fourth-order valence-corrected chi connectivity index (χ4v) is 4.74. The highest BCUT2D eigenvalue weighted by Crippen LogP contribution is 2.66. The summed E-state index contributed by atoms with van der Waals surface area (Å²) in [5.41, 5.74) is -0.195. The Morgan fingerprint density at radius 2 is 1.72 bits per heavy atom. The highest BCUT2D eigenvalue weighted by molar-refractivity contribution is 5.89. The summed E-state index contributed by atoms with van der Waals surface area (Å²) in [7, 11) is 0. The smallest absolute Gasteiger partial charge is 0.171 e. The van der Waals surface area contributed by atoms with E-state index in [-0.39, 0.29) is 16.7 Å². The molecule has 1 heterocycles. The molecule has 1 saturated heterocycles. The molecule has 1 spiro atoms. The van der Waals surface area contributed by atoms with Crippen LogP contribution in [0.1, 0.15) is 47.0 Å². The molecule has 1 aliphatic heterocycles. The van der Waals surface area contributed by atoms with Crippen molar-refractivity contribution >= 4 is 5.78 Å². The lowest BCUT2D eigenvalue weighted by Gasteiger charge is -2.56. The molecule has 0 aromatic rings. The number of carbonyl (C=O) groups excluding carboxylic acids is 1. The molecule has 18 heavy (non-hydrogen) atoms. The highest BCUT2D eigenvalue weighted by Gasteiger charge is 2.68. The summed E-state index contributed by atoms with van der Waals surface area (Å²) < 4.78 is 11.8. The summed E-state index contributed by atoms with van der Waals surface area (Å²) >= 11 is 0. The van der Waals surface area contributed by atoms with Crippen molar-refractivity contribution in [3.8, 4) is 0 Å². The topological polar surface area (TPSA) is 35.5 Å². The molecule has 3 fully saturated rings. The van der Waals surface area contributed by atoms with Gasteiger partial charge in [-0.05, 0) is 17.8 Å². The second-order valence-corrected chi connectivity index (χ2v) is 6.88. The predicted molar refractivity (Wildman–Crippen MR) is 68.0 cm³/mol. The average molecular weight is 252 g/mol. The van der Waals surface area contributed by atoms with Crippen molar-refractivity contribution in [2.24, 2.45) is 22.7 Å². The number of hydrogen-bond acceptors (Lipinski definition) is 3. The molecule has 0 N–H and O–H groups in total. The van der Waals surface area contributed by atoms with Crippen molar-refractivity contribution in [2.75, 3.05) is 13.2 Å². The molecule has 2 aliphatic carbocycles. The summed E-state index contributed by atoms with van der Waals surface area (Å²) in [5, 5.41) is 0. The number of carbonyl (C=O) groups is 1. The molecule has 0 unspecified atom stereocenters. The van der Waals surface area contributed by atoms with Gasteiger partial charge in [0.25, 0.3) is 0 Å². The van der Waals surface area contributed by atoms with Crippen LogP contribution in [0.25, 0.3) is 0 Å². The van der Waals surface area contributed by atoms with Crippen LogP contribution in [0.3, 0.4) is 0 Å². The van der Waals surface area contributed by atoms with Crippen molar-refractivity contribution in [1.29, 1.82) is 0 Å². The van der Waals surface area contributed by atoms with E-state index in [2.05, 4.69) is 27.7 Å². The predicted octanol–water partition coefficient (Wildman–Crippen LogP) is 2.78. The molecule has 3 aliphatic rings. The second kappa shape index (κ2) is 3.57. The lowest BCUT2D eigenvalue weighted by molar-refractivity contribution is -0.258. The van der Waals surface area contributed by atoms with E-state index >= 15 is 0 Å². The molecule has 4 atom stereocenters. The van der Waals surface area contributed by atoms with Crippen LogP contribution in [-0.2, 0) is 14.3 Å². The van der Waals surface area contributed by atoms with Crippen LogP contribution in [0.5, 0.6) is 0 Å². The summed E-state index contributed by atoms with van der Waals surface area (Å²) in [5.74, 6) is 0.525. The highest BCUT2D eigenvalue weighted by atomic mass is 16.7. The maximum Gasteiger partial charge on any atom is 0.171 e. The minimum Gasteiger partial charge on any atom is -0.347 e. The molecule has 0 radical (unpaired) electrons. The lowest BCUT2D eigenvalue weighted by Crippen LogP contribution is -2.58. The number of fused-ring (bicyclic) bond motifs is 1. The van der Waals surface area contributed by atoms with Crippen LogP contribution in [0.15, 0.2) is 0 Å². The first-order valence-electron chi connectivity index (χ1n) is 7.18. The van der Waals surface area contributed by atoms with Crippen LogP contribution in [-0.4, -0.2) is 24.8 Å². The average Bonchev–Trinajstić information content (AvgIpc) is 2.87. The molecule has 3 rings (SSSR count). The zero-order valence-electron chi connectivity index (χ0n) is 11.9. The third kappa shape index (κ3) is 1.20. The Bertz CT molecular complexity index is 385. The van der Waals surface area contributed by atoms with Gasteiger partial charge in [-0.2, -0.15) is 0 Å². The van der Waals surface area contributed by atoms with Gasteiger partial charge in [0.15, 0.2) is 5.79 Å². The van der Waals surface area contributed by atoms with Gasteiger partial charge in [-0.25, -0.2) is 0 Å². The first-order valence-corrected chi connectivity index (χ1v) is 7.18. The van der Waals surface area contributed by atoms with Gasteiger partial charge in [0.2, 0.25) is 0 Å². The molecule has 2 saturated carbocycles. The molecule has 3 nitrogen and oxygen atoms in total. The third-order valence-electron chi connectivity index (χ3n) is 6.64.